The zero-order valence-corrected chi connectivity index (χ0v) is 8.39. The number of nitrogens with zero attached hydrogens (tertiary/aromatic N) is 2. The second-order valence-corrected chi connectivity index (χ2v) is 4.12. The van der Waals surface area contributed by atoms with E-state index in [1.54, 1.807) is 18.6 Å². The maximum Gasteiger partial charge on any atom is 0.0753 e. The Bertz CT molecular complexity index is 267. The van der Waals surface area contributed by atoms with E-state index in [2.05, 4.69) is 9.97 Å². The van der Waals surface area contributed by atoms with Crippen molar-refractivity contribution in [2.24, 2.45) is 11.7 Å². The molecule has 0 radical (unpaired) electrons. The van der Waals surface area contributed by atoms with E-state index in [4.69, 9.17) is 5.73 Å². The summed E-state index contributed by atoms with van der Waals surface area (Å²) in [5, 5.41) is 0. The Labute approximate surface area is 84.8 Å². The zero-order chi connectivity index (χ0) is 9.80. The van der Waals surface area contributed by atoms with Crippen LogP contribution in [0.25, 0.3) is 0 Å². The summed E-state index contributed by atoms with van der Waals surface area (Å²) in [6.07, 6.45) is 11.7. The summed E-state index contributed by atoms with van der Waals surface area (Å²) in [4.78, 5) is 8.27. The van der Waals surface area contributed by atoms with Crippen LogP contribution in [0.15, 0.2) is 18.6 Å². The van der Waals surface area contributed by atoms with Crippen molar-refractivity contribution in [3.8, 4) is 0 Å². The quantitative estimate of drug-likeness (QED) is 0.795. The van der Waals surface area contributed by atoms with Gasteiger partial charge in [-0.1, -0.05) is 25.7 Å². The van der Waals surface area contributed by atoms with Crippen LogP contribution in [0, 0.1) is 5.92 Å². The van der Waals surface area contributed by atoms with Gasteiger partial charge in [-0.05, 0) is 12.3 Å². The van der Waals surface area contributed by atoms with Crippen LogP contribution in [0.2, 0.25) is 0 Å². The number of aromatic nitrogens is 2. The minimum Gasteiger partial charge on any atom is -0.323 e. The summed E-state index contributed by atoms with van der Waals surface area (Å²) in [7, 11) is 0. The minimum absolute atomic E-state index is 0.0757. The third-order valence-corrected chi connectivity index (χ3v) is 3.03. The molecule has 3 heteroatoms. The van der Waals surface area contributed by atoms with Crippen LogP contribution in [0.3, 0.4) is 0 Å². The van der Waals surface area contributed by atoms with Crippen molar-refractivity contribution in [3.05, 3.63) is 24.3 Å². The molecule has 1 unspecified atom stereocenters. The molecule has 1 aromatic rings. The van der Waals surface area contributed by atoms with E-state index in [-0.39, 0.29) is 6.04 Å². The summed E-state index contributed by atoms with van der Waals surface area (Å²) >= 11 is 0. The first-order valence-electron chi connectivity index (χ1n) is 5.38. The standard InChI is InChI=1S/C11H17N3/c12-10(7-9-3-1-2-4-9)11-8-13-5-6-14-11/h5-6,8-10H,1-4,7,12H2. The van der Waals surface area contributed by atoms with E-state index in [0.29, 0.717) is 0 Å². The van der Waals surface area contributed by atoms with Crippen LogP contribution < -0.4 is 5.73 Å². The van der Waals surface area contributed by atoms with Gasteiger partial charge in [0.1, 0.15) is 0 Å². The largest absolute Gasteiger partial charge is 0.323 e. The van der Waals surface area contributed by atoms with Crippen molar-refractivity contribution < 1.29 is 0 Å². The van der Waals surface area contributed by atoms with Gasteiger partial charge in [0.05, 0.1) is 5.69 Å². The van der Waals surface area contributed by atoms with E-state index in [1.807, 2.05) is 0 Å². The lowest BCUT2D eigenvalue weighted by Crippen LogP contribution is -2.15. The van der Waals surface area contributed by atoms with Gasteiger partial charge in [-0.3, -0.25) is 9.97 Å². The van der Waals surface area contributed by atoms with Gasteiger partial charge in [0, 0.05) is 24.6 Å². The lowest BCUT2D eigenvalue weighted by molar-refractivity contribution is 0.445. The fraction of sp³-hybridized carbons (Fsp3) is 0.636. The first kappa shape index (κ1) is 9.59. The van der Waals surface area contributed by atoms with Crippen LogP contribution in [-0.4, -0.2) is 9.97 Å². The van der Waals surface area contributed by atoms with Crippen molar-refractivity contribution in [1.82, 2.24) is 9.97 Å². The van der Waals surface area contributed by atoms with Crippen molar-refractivity contribution in [1.29, 1.82) is 0 Å². The van der Waals surface area contributed by atoms with E-state index >= 15 is 0 Å². The Morgan fingerprint density at radius 1 is 1.36 bits per heavy atom. The van der Waals surface area contributed by atoms with Gasteiger partial charge in [-0.25, -0.2) is 0 Å². The summed E-state index contributed by atoms with van der Waals surface area (Å²) in [6, 6.07) is 0.0757. The lowest BCUT2D eigenvalue weighted by atomic mass is 9.97. The lowest BCUT2D eigenvalue weighted by Gasteiger charge is -2.14. The number of nitrogens with two attached hydrogens (primary N) is 1. The molecule has 76 valence electrons. The molecule has 1 fully saturated rings. The van der Waals surface area contributed by atoms with Gasteiger partial charge in [0.15, 0.2) is 0 Å². The molecule has 1 aromatic heterocycles. The summed E-state index contributed by atoms with van der Waals surface area (Å²) in [6.45, 7) is 0. The molecule has 1 aliphatic carbocycles. The van der Waals surface area contributed by atoms with E-state index in [0.717, 1.165) is 18.0 Å². The Kier molecular flexibility index (Phi) is 3.09. The van der Waals surface area contributed by atoms with Crippen molar-refractivity contribution >= 4 is 0 Å². The molecule has 2 N–H and O–H groups in total. The number of rotatable bonds is 3. The highest BCUT2D eigenvalue weighted by molar-refractivity contribution is 5.01. The minimum atomic E-state index is 0.0757. The topological polar surface area (TPSA) is 51.8 Å². The highest BCUT2D eigenvalue weighted by atomic mass is 14.8. The highest BCUT2D eigenvalue weighted by Crippen LogP contribution is 2.31. The summed E-state index contributed by atoms with van der Waals surface area (Å²) < 4.78 is 0. The Morgan fingerprint density at radius 2 is 2.14 bits per heavy atom. The third-order valence-electron chi connectivity index (χ3n) is 3.03. The molecule has 1 aliphatic rings. The predicted octanol–water partition coefficient (Wildman–Crippen LogP) is 2.06. The molecule has 1 saturated carbocycles. The van der Waals surface area contributed by atoms with Gasteiger partial charge in [-0.2, -0.15) is 0 Å². The van der Waals surface area contributed by atoms with Gasteiger partial charge in [0.2, 0.25) is 0 Å². The first-order chi connectivity index (χ1) is 6.86. The second-order valence-electron chi connectivity index (χ2n) is 4.12. The maximum atomic E-state index is 6.07. The second kappa shape index (κ2) is 4.51. The normalized spacial score (nSPS) is 19.8. The fourth-order valence-corrected chi connectivity index (χ4v) is 2.23. The maximum absolute atomic E-state index is 6.07. The van der Waals surface area contributed by atoms with Crippen LogP contribution >= 0.6 is 0 Å². The van der Waals surface area contributed by atoms with E-state index in [9.17, 15) is 0 Å². The third kappa shape index (κ3) is 2.29. The van der Waals surface area contributed by atoms with Gasteiger partial charge >= 0.3 is 0 Å². The molecule has 0 amide bonds. The molecule has 0 aromatic carbocycles. The molecule has 0 bridgehead atoms. The molecule has 1 atom stereocenters. The monoisotopic (exact) mass is 191 g/mol. The molecular weight excluding hydrogens is 174 g/mol. The van der Waals surface area contributed by atoms with Crippen molar-refractivity contribution in [2.45, 2.75) is 38.1 Å². The zero-order valence-electron chi connectivity index (χ0n) is 8.39. The van der Waals surface area contributed by atoms with Crippen LogP contribution in [0.1, 0.15) is 43.8 Å². The fourth-order valence-electron chi connectivity index (χ4n) is 2.23. The number of hydrogen-bond acceptors (Lipinski definition) is 3. The molecule has 2 rings (SSSR count). The summed E-state index contributed by atoms with van der Waals surface area (Å²) in [5.41, 5.74) is 7.00. The number of hydrogen-bond donors (Lipinski definition) is 1. The SMILES string of the molecule is NC(CC1CCCC1)c1cnccn1. The van der Waals surface area contributed by atoms with Gasteiger partial charge in [0.25, 0.3) is 0 Å². The first-order valence-corrected chi connectivity index (χ1v) is 5.38. The average Bonchev–Trinajstić information content (AvgIpc) is 2.72. The molecule has 1 heterocycles. The van der Waals surface area contributed by atoms with Gasteiger partial charge < -0.3 is 5.73 Å². The van der Waals surface area contributed by atoms with Crippen molar-refractivity contribution in [3.63, 3.8) is 0 Å². The molecule has 3 nitrogen and oxygen atoms in total. The Hall–Kier alpha value is -0.960. The molecule has 0 spiro atoms. The molecule has 0 aliphatic heterocycles. The van der Waals surface area contributed by atoms with Crippen LogP contribution in [0.5, 0.6) is 0 Å². The predicted molar refractivity (Wildman–Crippen MR) is 55.5 cm³/mol. The van der Waals surface area contributed by atoms with Gasteiger partial charge in [-0.15, -0.1) is 0 Å². The Morgan fingerprint density at radius 3 is 2.79 bits per heavy atom. The van der Waals surface area contributed by atoms with Crippen molar-refractivity contribution in [2.75, 3.05) is 0 Å². The Balaban J connectivity index is 1.92. The molecular formula is C11H17N3. The smallest absolute Gasteiger partial charge is 0.0753 e. The highest BCUT2D eigenvalue weighted by Gasteiger charge is 2.19. The molecule has 14 heavy (non-hydrogen) atoms. The van der Waals surface area contributed by atoms with E-state index in [1.165, 1.54) is 25.7 Å². The average molecular weight is 191 g/mol. The van der Waals surface area contributed by atoms with Crippen LogP contribution in [-0.2, 0) is 0 Å². The molecule has 0 saturated heterocycles. The van der Waals surface area contributed by atoms with E-state index < -0.39 is 0 Å². The summed E-state index contributed by atoms with van der Waals surface area (Å²) in [5.74, 6) is 0.812. The van der Waals surface area contributed by atoms with Crippen LogP contribution in [0.4, 0.5) is 0 Å².